The molecule has 3 nitrogen and oxygen atoms in total. The fourth-order valence-electron chi connectivity index (χ4n) is 3.30. The summed E-state index contributed by atoms with van der Waals surface area (Å²) >= 11 is 0. The normalized spacial score (nSPS) is 21.7. The standard InChI is InChI=1S/C15H18N2O/c1-11-9-12-13(18-11)3-7-16-14(12)17-8-2-4-15(10-17)5-6-15/h3,7,9H,2,4-6,8,10H2,1H3. The molecule has 0 amide bonds. The van der Waals surface area contributed by atoms with Crippen molar-refractivity contribution in [2.45, 2.75) is 32.6 Å². The summed E-state index contributed by atoms with van der Waals surface area (Å²) in [6.07, 6.45) is 7.39. The monoisotopic (exact) mass is 242 g/mol. The van der Waals surface area contributed by atoms with Crippen LogP contribution >= 0.6 is 0 Å². The molecule has 1 saturated heterocycles. The van der Waals surface area contributed by atoms with E-state index < -0.39 is 0 Å². The maximum Gasteiger partial charge on any atom is 0.139 e. The third-order valence-corrected chi connectivity index (χ3v) is 4.47. The van der Waals surface area contributed by atoms with E-state index in [0.29, 0.717) is 5.41 Å². The largest absolute Gasteiger partial charge is 0.461 e. The molecule has 0 unspecified atom stereocenters. The van der Waals surface area contributed by atoms with Gasteiger partial charge in [0.05, 0.1) is 5.39 Å². The molecule has 1 saturated carbocycles. The molecule has 2 aromatic rings. The Bertz CT molecular complexity index is 598. The predicted molar refractivity (Wildman–Crippen MR) is 71.9 cm³/mol. The van der Waals surface area contributed by atoms with Crippen molar-refractivity contribution >= 4 is 16.8 Å². The molecule has 1 spiro atoms. The molecule has 1 aliphatic heterocycles. The summed E-state index contributed by atoms with van der Waals surface area (Å²) in [5, 5.41) is 1.17. The minimum absolute atomic E-state index is 0.626. The van der Waals surface area contributed by atoms with Gasteiger partial charge in [0.15, 0.2) is 0 Å². The van der Waals surface area contributed by atoms with Gasteiger partial charge in [0.2, 0.25) is 0 Å². The first-order valence-electron chi connectivity index (χ1n) is 6.86. The second-order valence-corrected chi connectivity index (χ2v) is 5.93. The summed E-state index contributed by atoms with van der Waals surface area (Å²) in [6.45, 7) is 4.32. The quantitative estimate of drug-likeness (QED) is 0.766. The SMILES string of the molecule is Cc1cc2c(N3CCCC4(CC4)C3)nccc2o1. The number of nitrogens with zero attached hydrogens (tertiary/aromatic N) is 2. The van der Waals surface area contributed by atoms with Gasteiger partial charge in [0, 0.05) is 19.3 Å². The van der Waals surface area contributed by atoms with Crippen molar-refractivity contribution in [3.63, 3.8) is 0 Å². The topological polar surface area (TPSA) is 29.3 Å². The van der Waals surface area contributed by atoms with Crippen LogP contribution in [0.25, 0.3) is 11.0 Å². The lowest BCUT2D eigenvalue weighted by atomic mass is 9.95. The van der Waals surface area contributed by atoms with Gasteiger partial charge in [-0.3, -0.25) is 0 Å². The highest BCUT2D eigenvalue weighted by Crippen LogP contribution is 2.52. The Labute approximate surface area is 107 Å². The summed E-state index contributed by atoms with van der Waals surface area (Å²) in [6, 6.07) is 4.08. The Hall–Kier alpha value is -1.51. The number of pyridine rings is 1. The number of aromatic nitrogens is 1. The molecular formula is C15H18N2O. The van der Waals surface area contributed by atoms with Gasteiger partial charge in [-0.1, -0.05) is 0 Å². The third-order valence-electron chi connectivity index (χ3n) is 4.47. The molecule has 4 rings (SSSR count). The Morgan fingerprint density at radius 2 is 2.22 bits per heavy atom. The molecule has 0 radical (unpaired) electrons. The van der Waals surface area contributed by atoms with E-state index in [1.165, 1.54) is 37.6 Å². The number of rotatable bonds is 1. The highest BCUT2D eigenvalue weighted by atomic mass is 16.3. The molecule has 0 bridgehead atoms. The average Bonchev–Trinajstić information content (AvgIpc) is 2.99. The van der Waals surface area contributed by atoms with Crippen molar-refractivity contribution in [2.75, 3.05) is 18.0 Å². The van der Waals surface area contributed by atoms with Crippen molar-refractivity contribution in [3.05, 3.63) is 24.1 Å². The van der Waals surface area contributed by atoms with Crippen LogP contribution in [-0.4, -0.2) is 18.1 Å². The molecule has 2 aliphatic rings. The Balaban J connectivity index is 1.77. The Morgan fingerprint density at radius 1 is 1.33 bits per heavy atom. The van der Waals surface area contributed by atoms with Crippen LogP contribution in [0.1, 0.15) is 31.4 Å². The number of hydrogen-bond acceptors (Lipinski definition) is 3. The zero-order valence-corrected chi connectivity index (χ0v) is 10.8. The molecule has 0 aromatic carbocycles. The lowest BCUT2D eigenvalue weighted by Crippen LogP contribution is -2.37. The van der Waals surface area contributed by atoms with Gasteiger partial charge in [-0.2, -0.15) is 0 Å². The summed E-state index contributed by atoms with van der Waals surface area (Å²) in [4.78, 5) is 7.07. The number of fused-ring (bicyclic) bond motifs is 1. The van der Waals surface area contributed by atoms with Gasteiger partial charge in [0.25, 0.3) is 0 Å². The number of furan rings is 1. The van der Waals surface area contributed by atoms with E-state index in [0.717, 1.165) is 23.7 Å². The van der Waals surface area contributed by atoms with E-state index in [-0.39, 0.29) is 0 Å². The molecule has 3 heterocycles. The summed E-state index contributed by atoms with van der Waals surface area (Å²) in [5.41, 5.74) is 1.59. The fraction of sp³-hybridized carbons (Fsp3) is 0.533. The molecule has 94 valence electrons. The lowest BCUT2D eigenvalue weighted by molar-refractivity contribution is 0.394. The number of piperidine rings is 1. The minimum Gasteiger partial charge on any atom is -0.461 e. The van der Waals surface area contributed by atoms with Gasteiger partial charge in [-0.15, -0.1) is 0 Å². The van der Waals surface area contributed by atoms with Crippen molar-refractivity contribution in [3.8, 4) is 0 Å². The number of aryl methyl sites for hydroxylation is 1. The molecule has 0 atom stereocenters. The van der Waals surface area contributed by atoms with Crippen LogP contribution in [0, 0.1) is 12.3 Å². The molecule has 18 heavy (non-hydrogen) atoms. The third kappa shape index (κ3) is 1.53. The molecule has 0 N–H and O–H groups in total. The predicted octanol–water partition coefficient (Wildman–Crippen LogP) is 3.52. The van der Waals surface area contributed by atoms with E-state index in [4.69, 9.17) is 4.42 Å². The highest BCUT2D eigenvalue weighted by molar-refractivity contribution is 5.89. The van der Waals surface area contributed by atoms with Crippen LogP contribution in [0.2, 0.25) is 0 Å². The maximum absolute atomic E-state index is 5.70. The Kier molecular flexibility index (Phi) is 2.02. The van der Waals surface area contributed by atoms with E-state index in [1.807, 2.05) is 19.2 Å². The van der Waals surface area contributed by atoms with Crippen molar-refractivity contribution in [1.82, 2.24) is 4.98 Å². The highest BCUT2D eigenvalue weighted by Gasteiger charge is 2.45. The maximum atomic E-state index is 5.70. The van der Waals surface area contributed by atoms with Gasteiger partial charge in [0.1, 0.15) is 17.2 Å². The fourth-order valence-corrected chi connectivity index (χ4v) is 3.30. The van der Waals surface area contributed by atoms with Gasteiger partial charge in [-0.25, -0.2) is 4.98 Å². The van der Waals surface area contributed by atoms with Gasteiger partial charge < -0.3 is 9.32 Å². The zero-order chi connectivity index (χ0) is 12.2. The van der Waals surface area contributed by atoms with Crippen LogP contribution < -0.4 is 4.90 Å². The molecule has 3 heteroatoms. The number of anilines is 1. The number of hydrogen-bond donors (Lipinski definition) is 0. The minimum atomic E-state index is 0.626. The van der Waals surface area contributed by atoms with E-state index in [9.17, 15) is 0 Å². The van der Waals surface area contributed by atoms with Crippen LogP contribution in [0.3, 0.4) is 0 Å². The van der Waals surface area contributed by atoms with Crippen molar-refractivity contribution < 1.29 is 4.42 Å². The molecule has 2 fully saturated rings. The smallest absolute Gasteiger partial charge is 0.139 e. The molecule has 2 aromatic heterocycles. The van der Waals surface area contributed by atoms with Gasteiger partial charge >= 0.3 is 0 Å². The first-order valence-corrected chi connectivity index (χ1v) is 6.86. The van der Waals surface area contributed by atoms with Crippen molar-refractivity contribution in [1.29, 1.82) is 0 Å². The zero-order valence-electron chi connectivity index (χ0n) is 10.8. The summed E-state index contributed by atoms with van der Waals surface area (Å²) < 4.78 is 5.70. The van der Waals surface area contributed by atoms with E-state index in [1.54, 1.807) is 0 Å². The van der Waals surface area contributed by atoms with E-state index >= 15 is 0 Å². The molecular weight excluding hydrogens is 224 g/mol. The van der Waals surface area contributed by atoms with Crippen LogP contribution in [0.15, 0.2) is 22.7 Å². The second-order valence-electron chi connectivity index (χ2n) is 5.93. The van der Waals surface area contributed by atoms with Crippen LogP contribution in [-0.2, 0) is 0 Å². The Morgan fingerprint density at radius 3 is 3.06 bits per heavy atom. The van der Waals surface area contributed by atoms with Gasteiger partial charge in [-0.05, 0) is 50.2 Å². The first kappa shape index (κ1) is 10.4. The van der Waals surface area contributed by atoms with Crippen molar-refractivity contribution in [2.24, 2.45) is 5.41 Å². The lowest BCUT2D eigenvalue weighted by Gasteiger charge is -2.34. The summed E-state index contributed by atoms with van der Waals surface area (Å²) in [7, 11) is 0. The molecule has 1 aliphatic carbocycles. The van der Waals surface area contributed by atoms with Crippen LogP contribution in [0.4, 0.5) is 5.82 Å². The average molecular weight is 242 g/mol. The van der Waals surface area contributed by atoms with Crippen LogP contribution in [0.5, 0.6) is 0 Å². The summed E-state index contributed by atoms with van der Waals surface area (Å²) in [5.74, 6) is 2.09. The second kappa shape index (κ2) is 3.50. The first-order chi connectivity index (χ1) is 8.76. The van der Waals surface area contributed by atoms with E-state index in [2.05, 4.69) is 16.0 Å².